The molecule has 0 aliphatic heterocycles. The van der Waals surface area contributed by atoms with Crippen molar-refractivity contribution in [3.8, 4) is 0 Å². The highest BCUT2D eigenvalue weighted by atomic mass is 32.1. The van der Waals surface area contributed by atoms with Crippen LogP contribution >= 0.6 is 11.3 Å². The van der Waals surface area contributed by atoms with Crippen molar-refractivity contribution >= 4 is 11.3 Å². The van der Waals surface area contributed by atoms with Crippen LogP contribution in [0.3, 0.4) is 0 Å². The first-order valence-corrected chi connectivity index (χ1v) is 5.77. The van der Waals surface area contributed by atoms with E-state index in [0.717, 1.165) is 24.4 Å². The summed E-state index contributed by atoms with van der Waals surface area (Å²) in [6, 6.07) is 0. The summed E-state index contributed by atoms with van der Waals surface area (Å²) in [5, 5.41) is 0. The molecule has 0 atom stereocenters. The van der Waals surface area contributed by atoms with Crippen molar-refractivity contribution in [3.63, 3.8) is 0 Å². The van der Waals surface area contributed by atoms with Gasteiger partial charge in [0.15, 0.2) is 0 Å². The van der Waals surface area contributed by atoms with E-state index in [4.69, 9.17) is 5.73 Å². The molecule has 4 nitrogen and oxygen atoms in total. The average Bonchev–Trinajstić information content (AvgIpc) is 2.84. The van der Waals surface area contributed by atoms with Crippen molar-refractivity contribution in [2.45, 2.75) is 26.4 Å². The average molecular weight is 222 g/mol. The standard InChI is InChI=1S/C10H14N4S/c1-8-10(15-7-13-8)2-3-14-5-9(4-11)12-6-14/h5-7H,2-4,11H2,1H3. The van der Waals surface area contributed by atoms with E-state index in [1.54, 1.807) is 11.3 Å². The molecular weight excluding hydrogens is 208 g/mol. The van der Waals surface area contributed by atoms with Gasteiger partial charge < -0.3 is 10.3 Å². The number of hydrogen-bond donors (Lipinski definition) is 1. The summed E-state index contributed by atoms with van der Waals surface area (Å²) in [6.45, 7) is 3.49. The van der Waals surface area contributed by atoms with Crippen molar-refractivity contribution in [1.29, 1.82) is 0 Å². The van der Waals surface area contributed by atoms with Crippen LogP contribution in [0.2, 0.25) is 0 Å². The van der Waals surface area contributed by atoms with E-state index >= 15 is 0 Å². The van der Waals surface area contributed by atoms with Crippen molar-refractivity contribution in [3.05, 3.63) is 34.3 Å². The smallest absolute Gasteiger partial charge is 0.0950 e. The van der Waals surface area contributed by atoms with Gasteiger partial charge in [-0.15, -0.1) is 11.3 Å². The van der Waals surface area contributed by atoms with Gasteiger partial charge in [-0.1, -0.05) is 0 Å². The molecule has 2 rings (SSSR count). The fourth-order valence-corrected chi connectivity index (χ4v) is 2.20. The van der Waals surface area contributed by atoms with Crippen LogP contribution in [0.5, 0.6) is 0 Å². The minimum atomic E-state index is 0.507. The van der Waals surface area contributed by atoms with Crippen molar-refractivity contribution in [2.24, 2.45) is 5.73 Å². The number of nitrogens with zero attached hydrogens (tertiary/aromatic N) is 3. The monoisotopic (exact) mass is 222 g/mol. The zero-order chi connectivity index (χ0) is 10.7. The number of aromatic nitrogens is 3. The van der Waals surface area contributed by atoms with E-state index in [1.807, 2.05) is 25.0 Å². The summed E-state index contributed by atoms with van der Waals surface area (Å²) >= 11 is 1.71. The maximum Gasteiger partial charge on any atom is 0.0950 e. The second-order valence-corrected chi connectivity index (χ2v) is 4.36. The number of hydrogen-bond acceptors (Lipinski definition) is 4. The molecule has 0 amide bonds. The lowest BCUT2D eigenvalue weighted by molar-refractivity contribution is 0.697. The molecule has 0 aliphatic rings. The van der Waals surface area contributed by atoms with Crippen LogP contribution in [0.15, 0.2) is 18.0 Å². The van der Waals surface area contributed by atoms with E-state index in [9.17, 15) is 0 Å². The molecule has 2 heterocycles. The van der Waals surface area contributed by atoms with Gasteiger partial charge in [-0.3, -0.25) is 0 Å². The molecule has 2 aromatic rings. The van der Waals surface area contributed by atoms with E-state index in [2.05, 4.69) is 14.5 Å². The number of aryl methyl sites for hydroxylation is 3. The molecule has 0 radical (unpaired) electrons. The maximum atomic E-state index is 5.49. The molecule has 0 aromatic carbocycles. The molecule has 2 N–H and O–H groups in total. The van der Waals surface area contributed by atoms with E-state index in [0.29, 0.717) is 6.54 Å². The molecule has 2 aromatic heterocycles. The van der Waals surface area contributed by atoms with Crippen LogP contribution in [0.1, 0.15) is 16.3 Å². The Balaban J connectivity index is 1.96. The third kappa shape index (κ3) is 2.43. The molecule has 0 fully saturated rings. The topological polar surface area (TPSA) is 56.7 Å². The first-order valence-electron chi connectivity index (χ1n) is 4.89. The van der Waals surface area contributed by atoms with Crippen LogP contribution < -0.4 is 5.73 Å². The Kier molecular flexibility index (Phi) is 3.13. The molecule has 0 saturated carbocycles. The van der Waals surface area contributed by atoms with Gasteiger partial charge in [0.25, 0.3) is 0 Å². The van der Waals surface area contributed by atoms with Crippen LogP contribution in [0.25, 0.3) is 0 Å². The third-order valence-corrected chi connectivity index (χ3v) is 3.33. The summed E-state index contributed by atoms with van der Waals surface area (Å²) < 4.78 is 2.07. The highest BCUT2D eigenvalue weighted by Crippen LogP contribution is 2.13. The van der Waals surface area contributed by atoms with Gasteiger partial charge in [0.1, 0.15) is 0 Å². The second-order valence-electron chi connectivity index (χ2n) is 3.42. The first-order chi connectivity index (χ1) is 7.29. The van der Waals surface area contributed by atoms with E-state index in [1.165, 1.54) is 4.88 Å². The molecule has 5 heteroatoms. The summed E-state index contributed by atoms with van der Waals surface area (Å²) in [7, 11) is 0. The highest BCUT2D eigenvalue weighted by Gasteiger charge is 2.02. The Hall–Kier alpha value is -1.20. The van der Waals surface area contributed by atoms with Crippen LogP contribution in [0.4, 0.5) is 0 Å². The minimum absolute atomic E-state index is 0.507. The zero-order valence-electron chi connectivity index (χ0n) is 8.68. The van der Waals surface area contributed by atoms with Gasteiger partial charge >= 0.3 is 0 Å². The van der Waals surface area contributed by atoms with Gasteiger partial charge in [-0.05, 0) is 6.92 Å². The number of nitrogens with two attached hydrogens (primary N) is 1. The molecule has 80 valence electrons. The Morgan fingerprint density at radius 3 is 2.93 bits per heavy atom. The third-order valence-electron chi connectivity index (χ3n) is 2.34. The Labute approximate surface area is 92.8 Å². The fraction of sp³-hybridized carbons (Fsp3) is 0.400. The lowest BCUT2D eigenvalue weighted by atomic mass is 10.3. The molecule has 0 unspecified atom stereocenters. The van der Waals surface area contributed by atoms with Crippen molar-refractivity contribution < 1.29 is 0 Å². The number of thiazole rings is 1. The zero-order valence-corrected chi connectivity index (χ0v) is 9.50. The van der Waals surface area contributed by atoms with Crippen molar-refractivity contribution in [1.82, 2.24) is 14.5 Å². The fourth-order valence-electron chi connectivity index (χ4n) is 1.43. The summed E-state index contributed by atoms with van der Waals surface area (Å²) in [5.74, 6) is 0. The maximum absolute atomic E-state index is 5.49. The van der Waals surface area contributed by atoms with Crippen LogP contribution in [-0.2, 0) is 19.5 Å². The first kappa shape index (κ1) is 10.3. The predicted molar refractivity (Wildman–Crippen MR) is 60.7 cm³/mol. The summed E-state index contributed by atoms with van der Waals surface area (Å²) in [5.41, 5.74) is 9.47. The van der Waals surface area contributed by atoms with Crippen LogP contribution in [-0.4, -0.2) is 14.5 Å². The lowest BCUT2D eigenvalue weighted by Crippen LogP contribution is -1.99. The molecule has 0 saturated heterocycles. The Morgan fingerprint density at radius 2 is 2.33 bits per heavy atom. The van der Waals surface area contributed by atoms with Gasteiger partial charge in [0.05, 0.1) is 23.2 Å². The lowest BCUT2D eigenvalue weighted by Gasteiger charge is -2.00. The predicted octanol–water partition coefficient (Wildman–Crippen LogP) is 1.35. The Morgan fingerprint density at radius 1 is 1.47 bits per heavy atom. The number of imidazole rings is 1. The van der Waals surface area contributed by atoms with Gasteiger partial charge in [0.2, 0.25) is 0 Å². The normalized spacial score (nSPS) is 10.8. The SMILES string of the molecule is Cc1ncsc1CCn1cnc(CN)c1. The quantitative estimate of drug-likeness (QED) is 0.849. The number of rotatable bonds is 4. The Bertz CT molecular complexity index is 432. The van der Waals surface area contributed by atoms with E-state index < -0.39 is 0 Å². The molecule has 0 spiro atoms. The van der Waals surface area contributed by atoms with Gasteiger partial charge in [-0.25, -0.2) is 9.97 Å². The molecular formula is C10H14N4S. The van der Waals surface area contributed by atoms with Crippen LogP contribution in [0, 0.1) is 6.92 Å². The molecule has 0 bridgehead atoms. The molecule has 15 heavy (non-hydrogen) atoms. The summed E-state index contributed by atoms with van der Waals surface area (Å²) in [4.78, 5) is 9.75. The van der Waals surface area contributed by atoms with Crippen molar-refractivity contribution in [2.75, 3.05) is 0 Å². The van der Waals surface area contributed by atoms with E-state index in [-0.39, 0.29) is 0 Å². The highest BCUT2D eigenvalue weighted by molar-refractivity contribution is 7.09. The second kappa shape index (κ2) is 4.55. The van der Waals surface area contributed by atoms with Gasteiger partial charge in [0, 0.05) is 30.6 Å². The minimum Gasteiger partial charge on any atom is -0.337 e. The largest absolute Gasteiger partial charge is 0.337 e. The molecule has 0 aliphatic carbocycles. The van der Waals surface area contributed by atoms with Gasteiger partial charge in [-0.2, -0.15) is 0 Å². The summed E-state index contributed by atoms with van der Waals surface area (Å²) in [6.07, 6.45) is 4.84.